The molecule has 0 heterocycles. The molecule has 4 amide bonds. The second-order valence-corrected chi connectivity index (χ2v) is 8.25. The van der Waals surface area contributed by atoms with Crippen LogP contribution in [-0.2, 0) is 24.0 Å². The quantitative estimate of drug-likeness (QED) is 0.132. The molecule has 0 unspecified atom stereocenters. The third-order valence-electron chi connectivity index (χ3n) is 4.39. The first-order chi connectivity index (χ1) is 14.0. The Morgan fingerprint density at radius 2 is 1.27 bits per heavy atom. The Kier molecular flexibility index (Phi) is 13.3. The summed E-state index contributed by atoms with van der Waals surface area (Å²) in [6.45, 7) is 7.97. The number of hydrogen-bond donors (Lipinski definition) is 5. The molecule has 3 atom stereocenters. The van der Waals surface area contributed by atoms with E-state index >= 15 is 0 Å². The lowest BCUT2D eigenvalue weighted by atomic mass is 9.99. The van der Waals surface area contributed by atoms with E-state index in [4.69, 9.17) is 11.5 Å². The van der Waals surface area contributed by atoms with Gasteiger partial charge in [-0.3, -0.25) is 24.0 Å². The van der Waals surface area contributed by atoms with E-state index in [1.165, 1.54) is 0 Å². The van der Waals surface area contributed by atoms with E-state index in [2.05, 4.69) is 16.0 Å². The minimum Gasteiger partial charge on any atom is -0.368 e. The fraction of sp³-hybridized carbons (Fsp3) is 0.750. The summed E-state index contributed by atoms with van der Waals surface area (Å²) in [5.74, 6) is -2.54. The van der Waals surface area contributed by atoms with Gasteiger partial charge in [0.05, 0.1) is 0 Å². The van der Waals surface area contributed by atoms with Gasteiger partial charge in [-0.05, 0) is 50.5 Å². The van der Waals surface area contributed by atoms with Gasteiger partial charge < -0.3 is 27.4 Å². The van der Waals surface area contributed by atoms with Crippen molar-refractivity contribution in [2.45, 2.75) is 77.9 Å². The van der Waals surface area contributed by atoms with Crippen molar-refractivity contribution in [2.24, 2.45) is 23.3 Å². The number of rotatable bonds is 15. The summed E-state index contributed by atoms with van der Waals surface area (Å²) < 4.78 is 0. The van der Waals surface area contributed by atoms with Gasteiger partial charge >= 0.3 is 0 Å². The Hall–Kier alpha value is -2.49. The van der Waals surface area contributed by atoms with Gasteiger partial charge in [0.1, 0.15) is 18.1 Å². The van der Waals surface area contributed by atoms with E-state index in [0.717, 1.165) is 0 Å². The SMILES string of the molecule is CC(C)C[C@H](NC(=O)C=O)C(=O)N[C@@H](CC(C)C)C(=O)N[C@@H](CCCCN)C(N)=O. The Bertz CT molecular complexity index is 594. The average Bonchev–Trinajstić information content (AvgIpc) is 2.64. The highest BCUT2D eigenvalue weighted by atomic mass is 16.2. The molecule has 0 saturated carbocycles. The minimum atomic E-state index is -0.957. The number of nitrogens with two attached hydrogens (primary N) is 2. The molecule has 0 aliphatic rings. The summed E-state index contributed by atoms with van der Waals surface area (Å²) in [6, 6.07) is -2.74. The summed E-state index contributed by atoms with van der Waals surface area (Å²) in [4.78, 5) is 59.3. The highest BCUT2D eigenvalue weighted by molar-refractivity contribution is 6.24. The molecular weight excluding hydrogens is 390 g/mol. The van der Waals surface area contributed by atoms with Crippen LogP contribution in [0.15, 0.2) is 0 Å². The van der Waals surface area contributed by atoms with Crippen molar-refractivity contribution in [1.29, 1.82) is 0 Å². The van der Waals surface area contributed by atoms with Crippen molar-refractivity contribution in [3.63, 3.8) is 0 Å². The second kappa shape index (κ2) is 14.5. The van der Waals surface area contributed by atoms with Crippen LogP contribution in [0.3, 0.4) is 0 Å². The molecule has 10 nitrogen and oxygen atoms in total. The zero-order chi connectivity index (χ0) is 23.3. The first-order valence-corrected chi connectivity index (χ1v) is 10.4. The summed E-state index contributed by atoms with van der Waals surface area (Å²) in [7, 11) is 0. The van der Waals surface area contributed by atoms with Gasteiger partial charge in [0.25, 0.3) is 5.91 Å². The third-order valence-corrected chi connectivity index (χ3v) is 4.39. The molecule has 0 aromatic carbocycles. The van der Waals surface area contributed by atoms with Crippen LogP contribution in [0.1, 0.15) is 59.8 Å². The number of primary amides is 1. The number of unbranched alkanes of at least 4 members (excludes halogenated alkanes) is 1. The van der Waals surface area contributed by atoms with Crippen LogP contribution < -0.4 is 27.4 Å². The molecule has 0 rings (SSSR count). The molecule has 0 aliphatic heterocycles. The fourth-order valence-corrected chi connectivity index (χ4v) is 2.93. The lowest BCUT2D eigenvalue weighted by Gasteiger charge is -2.26. The molecular formula is C20H37N5O5. The minimum absolute atomic E-state index is 0.0619. The Morgan fingerprint density at radius 1 is 0.800 bits per heavy atom. The van der Waals surface area contributed by atoms with Crippen LogP contribution in [0.4, 0.5) is 0 Å². The monoisotopic (exact) mass is 427 g/mol. The first-order valence-electron chi connectivity index (χ1n) is 10.4. The molecule has 0 aromatic heterocycles. The molecule has 10 heteroatoms. The lowest BCUT2D eigenvalue weighted by Crippen LogP contribution is -2.57. The predicted octanol–water partition coefficient (Wildman–Crippen LogP) is -0.654. The van der Waals surface area contributed by atoms with Crippen molar-refractivity contribution in [2.75, 3.05) is 6.54 Å². The fourth-order valence-electron chi connectivity index (χ4n) is 2.93. The van der Waals surface area contributed by atoms with E-state index in [-0.39, 0.29) is 18.1 Å². The summed E-state index contributed by atoms with van der Waals surface area (Å²) in [6.07, 6.45) is 2.38. The Labute approximate surface area is 178 Å². The summed E-state index contributed by atoms with van der Waals surface area (Å²) >= 11 is 0. The lowest BCUT2D eigenvalue weighted by molar-refractivity contribution is -0.135. The third kappa shape index (κ3) is 11.5. The van der Waals surface area contributed by atoms with Gasteiger partial charge in [-0.1, -0.05) is 27.7 Å². The highest BCUT2D eigenvalue weighted by Gasteiger charge is 2.29. The molecule has 0 spiro atoms. The normalized spacial score (nSPS) is 14.0. The van der Waals surface area contributed by atoms with Crippen LogP contribution in [0.25, 0.3) is 0 Å². The van der Waals surface area contributed by atoms with Crippen molar-refractivity contribution < 1.29 is 24.0 Å². The molecule has 7 N–H and O–H groups in total. The van der Waals surface area contributed by atoms with Crippen LogP contribution >= 0.6 is 0 Å². The average molecular weight is 428 g/mol. The molecule has 0 saturated heterocycles. The first kappa shape index (κ1) is 27.5. The number of carbonyl (C=O) groups is 5. The van der Waals surface area contributed by atoms with Crippen molar-refractivity contribution >= 4 is 29.9 Å². The van der Waals surface area contributed by atoms with Crippen molar-refractivity contribution in [3.05, 3.63) is 0 Å². The van der Waals surface area contributed by atoms with E-state index in [1.807, 2.05) is 27.7 Å². The molecule has 0 aliphatic carbocycles. The largest absolute Gasteiger partial charge is 0.368 e. The topological polar surface area (TPSA) is 173 Å². The van der Waals surface area contributed by atoms with Gasteiger partial charge in [0.2, 0.25) is 24.0 Å². The molecule has 0 fully saturated rings. The molecule has 172 valence electrons. The van der Waals surface area contributed by atoms with E-state index < -0.39 is 41.8 Å². The number of carbonyl (C=O) groups excluding carboxylic acids is 5. The van der Waals surface area contributed by atoms with Gasteiger partial charge in [0, 0.05) is 0 Å². The molecule has 0 radical (unpaired) electrons. The predicted molar refractivity (Wildman–Crippen MR) is 113 cm³/mol. The number of aldehydes is 1. The van der Waals surface area contributed by atoms with E-state index in [9.17, 15) is 24.0 Å². The molecule has 30 heavy (non-hydrogen) atoms. The number of hydrogen-bond acceptors (Lipinski definition) is 6. The van der Waals surface area contributed by atoms with Crippen molar-refractivity contribution in [1.82, 2.24) is 16.0 Å². The van der Waals surface area contributed by atoms with Crippen LogP contribution in [0.5, 0.6) is 0 Å². The maximum absolute atomic E-state index is 12.8. The van der Waals surface area contributed by atoms with Crippen LogP contribution in [0.2, 0.25) is 0 Å². The number of nitrogens with one attached hydrogen (secondary N) is 3. The van der Waals surface area contributed by atoms with Crippen molar-refractivity contribution in [3.8, 4) is 0 Å². The van der Waals surface area contributed by atoms with Gasteiger partial charge in [-0.25, -0.2) is 0 Å². The maximum atomic E-state index is 12.8. The Morgan fingerprint density at radius 3 is 1.67 bits per heavy atom. The van der Waals surface area contributed by atoms with Crippen LogP contribution in [0, 0.1) is 11.8 Å². The maximum Gasteiger partial charge on any atom is 0.284 e. The smallest absolute Gasteiger partial charge is 0.284 e. The van der Waals surface area contributed by atoms with E-state index in [0.29, 0.717) is 38.6 Å². The highest BCUT2D eigenvalue weighted by Crippen LogP contribution is 2.10. The zero-order valence-corrected chi connectivity index (χ0v) is 18.4. The van der Waals surface area contributed by atoms with E-state index in [1.54, 1.807) is 0 Å². The van der Waals surface area contributed by atoms with Gasteiger partial charge in [-0.15, -0.1) is 0 Å². The molecule has 0 aromatic rings. The number of amides is 4. The molecule has 0 bridgehead atoms. The van der Waals surface area contributed by atoms with Gasteiger partial charge in [0.15, 0.2) is 0 Å². The second-order valence-electron chi connectivity index (χ2n) is 8.25. The summed E-state index contributed by atoms with van der Waals surface area (Å²) in [5, 5.41) is 7.60. The standard InChI is InChI=1S/C20H37N5O5/c1-12(2)9-15(23-17(27)11-26)19(29)25-16(10-13(3)4)20(30)24-14(18(22)28)7-5-6-8-21/h11-16H,5-10,21H2,1-4H3,(H2,22,28)(H,23,27)(H,24,30)(H,25,29)/t14-,15-,16-/m0/s1. The van der Waals surface area contributed by atoms with Crippen LogP contribution in [-0.4, -0.2) is 54.6 Å². The Balaban J connectivity index is 5.31. The summed E-state index contributed by atoms with van der Waals surface area (Å²) in [5.41, 5.74) is 10.8. The zero-order valence-electron chi connectivity index (χ0n) is 18.4. The van der Waals surface area contributed by atoms with Gasteiger partial charge in [-0.2, -0.15) is 0 Å².